The maximum Gasteiger partial charge on any atom is 0.191 e. The Labute approximate surface area is 92.5 Å². The molecule has 4 nitrogen and oxygen atoms in total. The molecule has 0 spiro atoms. The highest BCUT2D eigenvalue weighted by molar-refractivity contribution is 5.78. The van der Waals surface area contributed by atoms with Crippen LogP contribution in [0.2, 0.25) is 0 Å². The van der Waals surface area contributed by atoms with Gasteiger partial charge < -0.3 is 15.4 Å². The number of methoxy groups -OCH3 is 1. The second-order valence-electron chi connectivity index (χ2n) is 4.44. The summed E-state index contributed by atoms with van der Waals surface area (Å²) in [5, 5.41) is 0. The Hall–Kier alpha value is -0.770. The van der Waals surface area contributed by atoms with E-state index < -0.39 is 0 Å². The summed E-state index contributed by atoms with van der Waals surface area (Å²) in [6.45, 7) is 6.98. The van der Waals surface area contributed by atoms with Crippen LogP contribution in [0.4, 0.5) is 0 Å². The van der Waals surface area contributed by atoms with Crippen LogP contribution in [-0.2, 0) is 4.74 Å². The van der Waals surface area contributed by atoms with E-state index in [0.29, 0.717) is 12.5 Å². The van der Waals surface area contributed by atoms with Crippen molar-refractivity contribution < 1.29 is 4.74 Å². The summed E-state index contributed by atoms with van der Waals surface area (Å²) in [7, 11) is 1.69. The van der Waals surface area contributed by atoms with Crippen LogP contribution in [0.25, 0.3) is 0 Å². The molecule has 2 N–H and O–H groups in total. The van der Waals surface area contributed by atoms with Crippen LogP contribution >= 0.6 is 0 Å². The predicted molar refractivity (Wildman–Crippen MR) is 62.9 cm³/mol. The molecule has 1 heterocycles. The van der Waals surface area contributed by atoms with Crippen LogP contribution in [0.3, 0.4) is 0 Å². The second-order valence-corrected chi connectivity index (χ2v) is 4.44. The number of aliphatic imine (C=N–C) groups is 1. The Morgan fingerprint density at radius 1 is 1.67 bits per heavy atom. The molecule has 0 amide bonds. The molecule has 0 saturated carbocycles. The highest BCUT2D eigenvalue weighted by Crippen LogP contribution is 2.14. The second kappa shape index (κ2) is 5.95. The maximum absolute atomic E-state index is 5.93. The van der Waals surface area contributed by atoms with Gasteiger partial charge in [0.15, 0.2) is 5.96 Å². The smallest absolute Gasteiger partial charge is 0.191 e. The van der Waals surface area contributed by atoms with Gasteiger partial charge in [0, 0.05) is 20.2 Å². The van der Waals surface area contributed by atoms with Gasteiger partial charge >= 0.3 is 0 Å². The van der Waals surface area contributed by atoms with Crippen molar-refractivity contribution in [2.75, 3.05) is 26.7 Å². The molecule has 0 aromatic carbocycles. The molecular formula is C11H23N3O. The number of guanidine groups is 1. The summed E-state index contributed by atoms with van der Waals surface area (Å²) in [6.07, 6.45) is 2.67. The van der Waals surface area contributed by atoms with Crippen molar-refractivity contribution in [3.63, 3.8) is 0 Å². The number of piperidine rings is 1. The molecule has 15 heavy (non-hydrogen) atoms. The summed E-state index contributed by atoms with van der Waals surface area (Å²) in [5.41, 5.74) is 5.93. The van der Waals surface area contributed by atoms with Crippen molar-refractivity contribution in [2.45, 2.75) is 32.8 Å². The quantitative estimate of drug-likeness (QED) is 0.563. The molecule has 0 aliphatic carbocycles. The highest BCUT2D eigenvalue weighted by atomic mass is 16.5. The van der Waals surface area contributed by atoms with Crippen molar-refractivity contribution in [3.8, 4) is 0 Å². The third-order valence-corrected chi connectivity index (χ3v) is 2.89. The molecule has 88 valence electrons. The van der Waals surface area contributed by atoms with Crippen molar-refractivity contribution in [2.24, 2.45) is 16.6 Å². The van der Waals surface area contributed by atoms with Crippen LogP contribution in [0.5, 0.6) is 0 Å². The van der Waals surface area contributed by atoms with E-state index in [1.807, 2.05) is 6.92 Å². The van der Waals surface area contributed by atoms with E-state index in [2.05, 4.69) is 16.8 Å². The lowest BCUT2D eigenvalue weighted by Crippen LogP contribution is -2.43. The molecular weight excluding hydrogens is 190 g/mol. The summed E-state index contributed by atoms with van der Waals surface area (Å²) in [4.78, 5) is 6.53. The Morgan fingerprint density at radius 2 is 2.40 bits per heavy atom. The highest BCUT2D eigenvalue weighted by Gasteiger charge is 2.17. The molecule has 4 heteroatoms. The van der Waals surface area contributed by atoms with Crippen LogP contribution in [0.1, 0.15) is 26.7 Å². The molecule has 0 aromatic heterocycles. The third-order valence-electron chi connectivity index (χ3n) is 2.89. The Balaban J connectivity index is 2.40. The Bertz CT molecular complexity index is 218. The molecule has 2 atom stereocenters. The van der Waals surface area contributed by atoms with Gasteiger partial charge in [0.1, 0.15) is 0 Å². The van der Waals surface area contributed by atoms with E-state index in [4.69, 9.17) is 10.5 Å². The number of nitrogens with zero attached hydrogens (tertiary/aromatic N) is 2. The zero-order valence-electron chi connectivity index (χ0n) is 10.1. The van der Waals surface area contributed by atoms with Gasteiger partial charge in [-0.2, -0.15) is 0 Å². The van der Waals surface area contributed by atoms with Crippen LogP contribution < -0.4 is 5.73 Å². The standard InChI is InChI=1S/C11H23N3O/c1-9-5-4-6-14(8-9)11(12)13-7-10(2)15-3/h9-10H,4-8H2,1-3H3,(H2,12,13)/t9-,10-/m0/s1. The van der Waals surface area contributed by atoms with E-state index >= 15 is 0 Å². The fourth-order valence-corrected chi connectivity index (χ4v) is 1.79. The van der Waals surface area contributed by atoms with Gasteiger partial charge in [0.2, 0.25) is 0 Å². The zero-order valence-corrected chi connectivity index (χ0v) is 10.1. The van der Waals surface area contributed by atoms with Gasteiger partial charge in [-0.15, -0.1) is 0 Å². The van der Waals surface area contributed by atoms with E-state index in [-0.39, 0.29) is 6.10 Å². The molecule has 1 fully saturated rings. The van der Waals surface area contributed by atoms with Gasteiger partial charge in [0.05, 0.1) is 12.6 Å². The number of hydrogen-bond donors (Lipinski definition) is 1. The van der Waals surface area contributed by atoms with E-state index in [1.165, 1.54) is 12.8 Å². The lowest BCUT2D eigenvalue weighted by atomic mass is 10.0. The molecule has 1 aliphatic heterocycles. The summed E-state index contributed by atoms with van der Waals surface area (Å²) in [6, 6.07) is 0. The number of ether oxygens (including phenoxy) is 1. The molecule has 0 unspecified atom stereocenters. The van der Waals surface area contributed by atoms with Crippen molar-refractivity contribution in [1.29, 1.82) is 0 Å². The zero-order chi connectivity index (χ0) is 11.3. The van der Waals surface area contributed by atoms with Gasteiger partial charge in [-0.3, -0.25) is 4.99 Å². The normalized spacial score (nSPS) is 25.4. The van der Waals surface area contributed by atoms with Crippen molar-refractivity contribution >= 4 is 5.96 Å². The number of nitrogens with two attached hydrogens (primary N) is 1. The van der Waals surface area contributed by atoms with E-state index in [1.54, 1.807) is 7.11 Å². The number of rotatable bonds is 3. The third kappa shape index (κ3) is 4.08. The van der Waals surface area contributed by atoms with E-state index in [0.717, 1.165) is 19.0 Å². The fourth-order valence-electron chi connectivity index (χ4n) is 1.79. The first-order valence-corrected chi connectivity index (χ1v) is 5.71. The van der Waals surface area contributed by atoms with Gasteiger partial charge in [0.25, 0.3) is 0 Å². The lowest BCUT2D eigenvalue weighted by Gasteiger charge is -2.31. The molecule has 0 radical (unpaired) electrons. The largest absolute Gasteiger partial charge is 0.380 e. The summed E-state index contributed by atoms with van der Waals surface area (Å²) >= 11 is 0. The van der Waals surface area contributed by atoms with Crippen molar-refractivity contribution in [1.82, 2.24) is 4.90 Å². The average Bonchev–Trinajstić information content (AvgIpc) is 2.25. The lowest BCUT2D eigenvalue weighted by molar-refractivity contribution is 0.125. The minimum absolute atomic E-state index is 0.144. The molecule has 0 bridgehead atoms. The van der Waals surface area contributed by atoms with Gasteiger partial charge in [-0.25, -0.2) is 0 Å². The molecule has 1 saturated heterocycles. The minimum Gasteiger partial charge on any atom is -0.380 e. The van der Waals surface area contributed by atoms with E-state index in [9.17, 15) is 0 Å². The Kier molecular flexibility index (Phi) is 4.88. The fraction of sp³-hybridized carbons (Fsp3) is 0.909. The number of likely N-dealkylation sites (tertiary alicyclic amines) is 1. The first-order chi connectivity index (χ1) is 7.13. The Morgan fingerprint density at radius 3 is 3.00 bits per heavy atom. The van der Waals surface area contributed by atoms with Gasteiger partial charge in [-0.05, 0) is 25.7 Å². The summed E-state index contributed by atoms with van der Waals surface area (Å²) < 4.78 is 5.13. The predicted octanol–water partition coefficient (Wildman–Crippen LogP) is 1.07. The monoisotopic (exact) mass is 213 g/mol. The molecule has 1 rings (SSSR count). The van der Waals surface area contributed by atoms with Crippen LogP contribution in [-0.4, -0.2) is 43.7 Å². The van der Waals surface area contributed by atoms with Gasteiger partial charge in [-0.1, -0.05) is 6.92 Å². The maximum atomic E-state index is 5.93. The molecule has 0 aromatic rings. The van der Waals surface area contributed by atoms with Crippen LogP contribution in [0.15, 0.2) is 4.99 Å². The molecule has 1 aliphatic rings. The first kappa shape index (κ1) is 12.3. The van der Waals surface area contributed by atoms with Crippen molar-refractivity contribution in [3.05, 3.63) is 0 Å². The van der Waals surface area contributed by atoms with Crippen LogP contribution in [0, 0.1) is 5.92 Å². The topological polar surface area (TPSA) is 50.9 Å². The SMILES string of the molecule is CO[C@@H](C)CN=C(N)N1CCC[C@H](C)C1. The first-order valence-electron chi connectivity index (χ1n) is 5.71. The average molecular weight is 213 g/mol. The summed E-state index contributed by atoms with van der Waals surface area (Å²) in [5.74, 6) is 1.40. The number of hydrogen-bond acceptors (Lipinski definition) is 2. The minimum atomic E-state index is 0.144.